The Hall–Kier alpha value is -1.98. The first-order valence-corrected chi connectivity index (χ1v) is 6.03. The summed E-state index contributed by atoms with van der Waals surface area (Å²) in [5.74, 6) is 6.57. The molecule has 0 bridgehead atoms. The van der Waals surface area contributed by atoms with Crippen LogP contribution in [0.4, 0.5) is 0 Å². The van der Waals surface area contributed by atoms with Crippen LogP contribution in [0.3, 0.4) is 0 Å². The van der Waals surface area contributed by atoms with Gasteiger partial charge in [-0.3, -0.25) is 5.84 Å². The molecule has 0 aliphatic rings. The molecule has 100 valence electrons. The zero-order valence-electron chi connectivity index (χ0n) is 11.3. The zero-order chi connectivity index (χ0) is 13.8. The van der Waals surface area contributed by atoms with Gasteiger partial charge in [0.2, 0.25) is 0 Å². The quantitative estimate of drug-likeness (QED) is 0.644. The fraction of sp³-hybridized carbons (Fsp3) is 0.286. The maximum absolute atomic E-state index is 5.69. The lowest BCUT2D eigenvalue weighted by atomic mass is 9.95. The first kappa shape index (κ1) is 13.5. The highest BCUT2D eigenvalue weighted by atomic mass is 16.5. The molecule has 0 saturated heterocycles. The van der Waals surface area contributed by atoms with Crippen molar-refractivity contribution in [3.8, 4) is 5.75 Å². The number of hydrogen-bond acceptors (Lipinski definition) is 5. The molecule has 0 amide bonds. The summed E-state index contributed by atoms with van der Waals surface area (Å²) in [7, 11) is 1.67. The number of hydrogen-bond donors (Lipinski definition) is 2. The van der Waals surface area contributed by atoms with E-state index >= 15 is 0 Å². The van der Waals surface area contributed by atoms with Gasteiger partial charge in [0, 0.05) is 18.0 Å². The molecule has 2 aromatic rings. The molecular formula is C14H18N4O. The lowest BCUT2D eigenvalue weighted by Crippen LogP contribution is -2.29. The molecule has 0 radical (unpaired) electrons. The van der Waals surface area contributed by atoms with Crippen molar-refractivity contribution in [1.82, 2.24) is 15.4 Å². The van der Waals surface area contributed by atoms with Crippen molar-refractivity contribution in [2.24, 2.45) is 5.84 Å². The Kier molecular flexibility index (Phi) is 4.09. The molecule has 0 saturated carbocycles. The van der Waals surface area contributed by atoms with Crippen molar-refractivity contribution < 1.29 is 4.74 Å². The van der Waals surface area contributed by atoms with Crippen molar-refractivity contribution in [3.05, 3.63) is 53.1 Å². The van der Waals surface area contributed by atoms with Crippen molar-refractivity contribution in [1.29, 1.82) is 0 Å². The van der Waals surface area contributed by atoms with Crippen molar-refractivity contribution in [2.45, 2.75) is 19.9 Å². The van der Waals surface area contributed by atoms with Crippen LogP contribution in [-0.2, 0) is 0 Å². The Morgan fingerprint density at radius 1 is 1.16 bits per heavy atom. The van der Waals surface area contributed by atoms with Crippen LogP contribution in [0, 0.1) is 13.8 Å². The average Bonchev–Trinajstić information content (AvgIpc) is 2.44. The van der Waals surface area contributed by atoms with Gasteiger partial charge in [0.05, 0.1) is 13.2 Å². The molecule has 5 nitrogen and oxygen atoms in total. The Morgan fingerprint density at radius 2 is 1.84 bits per heavy atom. The molecule has 2 rings (SSSR count). The summed E-state index contributed by atoms with van der Waals surface area (Å²) in [6, 6.07) is 3.95. The minimum atomic E-state index is -0.134. The van der Waals surface area contributed by atoms with Crippen LogP contribution < -0.4 is 16.0 Å². The van der Waals surface area contributed by atoms with E-state index in [0.717, 1.165) is 28.0 Å². The van der Waals surface area contributed by atoms with Gasteiger partial charge in [-0.05, 0) is 36.6 Å². The van der Waals surface area contributed by atoms with Gasteiger partial charge < -0.3 is 4.74 Å². The highest BCUT2D eigenvalue weighted by Gasteiger charge is 2.17. The predicted octanol–water partition coefficient (Wildman–Crippen LogP) is 1.65. The summed E-state index contributed by atoms with van der Waals surface area (Å²) in [6.45, 7) is 4.04. The first-order chi connectivity index (χ1) is 9.17. The molecule has 0 fully saturated rings. The van der Waals surface area contributed by atoms with E-state index in [9.17, 15) is 0 Å². The second-order valence-electron chi connectivity index (χ2n) is 4.45. The number of hydrazine groups is 1. The third kappa shape index (κ3) is 2.72. The molecule has 5 heteroatoms. The molecule has 1 unspecified atom stereocenters. The van der Waals surface area contributed by atoms with Gasteiger partial charge in [-0.2, -0.15) is 0 Å². The minimum Gasteiger partial charge on any atom is -0.496 e. The monoisotopic (exact) mass is 258 g/mol. The lowest BCUT2D eigenvalue weighted by Gasteiger charge is -2.20. The van der Waals surface area contributed by atoms with Gasteiger partial charge in [0.15, 0.2) is 0 Å². The van der Waals surface area contributed by atoms with Crippen LogP contribution in [-0.4, -0.2) is 17.1 Å². The highest BCUT2D eigenvalue weighted by Crippen LogP contribution is 2.29. The molecule has 0 aliphatic carbocycles. The third-order valence-electron chi connectivity index (χ3n) is 3.18. The maximum Gasteiger partial charge on any atom is 0.122 e. The summed E-state index contributed by atoms with van der Waals surface area (Å²) in [6.07, 6.45) is 5.02. The van der Waals surface area contributed by atoms with Crippen LogP contribution >= 0.6 is 0 Å². The molecule has 0 aliphatic heterocycles. The topological polar surface area (TPSA) is 73.1 Å². The third-order valence-corrected chi connectivity index (χ3v) is 3.18. The second-order valence-corrected chi connectivity index (χ2v) is 4.45. The fourth-order valence-electron chi connectivity index (χ4n) is 2.17. The fourth-order valence-corrected chi connectivity index (χ4v) is 2.17. The lowest BCUT2D eigenvalue weighted by molar-refractivity contribution is 0.411. The van der Waals surface area contributed by atoms with Crippen molar-refractivity contribution in [2.75, 3.05) is 7.11 Å². The Morgan fingerprint density at radius 3 is 2.42 bits per heavy atom. The van der Waals surface area contributed by atoms with Gasteiger partial charge in [-0.25, -0.2) is 15.4 Å². The molecule has 1 aromatic carbocycles. The number of aromatic nitrogens is 2. The van der Waals surface area contributed by atoms with E-state index < -0.39 is 0 Å². The number of nitrogens with two attached hydrogens (primary N) is 1. The summed E-state index contributed by atoms with van der Waals surface area (Å²) in [4.78, 5) is 8.07. The molecular weight excluding hydrogens is 240 g/mol. The molecule has 3 N–H and O–H groups in total. The summed E-state index contributed by atoms with van der Waals surface area (Å²) in [5, 5.41) is 0. The second kappa shape index (κ2) is 5.77. The van der Waals surface area contributed by atoms with E-state index in [0.29, 0.717) is 0 Å². The van der Waals surface area contributed by atoms with E-state index in [-0.39, 0.29) is 6.04 Å². The summed E-state index contributed by atoms with van der Waals surface area (Å²) < 4.78 is 5.32. The van der Waals surface area contributed by atoms with E-state index in [4.69, 9.17) is 10.6 Å². The molecule has 19 heavy (non-hydrogen) atoms. The number of rotatable bonds is 4. The Balaban J connectivity index is 2.47. The largest absolute Gasteiger partial charge is 0.496 e. The average molecular weight is 258 g/mol. The number of benzene rings is 1. The normalized spacial score (nSPS) is 12.2. The van der Waals surface area contributed by atoms with Crippen LogP contribution in [0.25, 0.3) is 0 Å². The number of ether oxygens (including phenoxy) is 1. The van der Waals surface area contributed by atoms with Crippen LogP contribution in [0.2, 0.25) is 0 Å². The van der Waals surface area contributed by atoms with Crippen molar-refractivity contribution in [3.63, 3.8) is 0 Å². The smallest absolute Gasteiger partial charge is 0.122 e. The van der Waals surface area contributed by atoms with E-state index in [2.05, 4.69) is 21.5 Å². The molecule has 0 spiro atoms. The number of nitrogens with zero attached hydrogens (tertiary/aromatic N) is 2. The van der Waals surface area contributed by atoms with E-state index in [1.54, 1.807) is 19.5 Å². The standard InChI is InChI=1S/C14H18N4O/c1-9-5-13(19-3)10(2)4-12(9)14(18-15)11-6-16-8-17-7-11/h4-8,14,18H,15H2,1-3H3. The summed E-state index contributed by atoms with van der Waals surface area (Å²) >= 11 is 0. The van der Waals surface area contributed by atoms with Gasteiger partial charge >= 0.3 is 0 Å². The predicted molar refractivity (Wildman–Crippen MR) is 73.7 cm³/mol. The number of nitrogens with one attached hydrogen (secondary N) is 1. The van der Waals surface area contributed by atoms with E-state index in [1.807, 2.05) is 19.9 Å². The molecule has 1 aromatic heterocycles. The van der Waals surface area contributed by atoms with Gasteiger partial charge in [-0.15, -0.1) is 0 Å². The van der Waals surface area contributed by atoms with Gasteiger partial charge in [0.25, 0.3) is 0 Å². The first-order valence-electron chi connectivity index (χ1n) is 6.03. The molecule has 1 heterocycles. The molecule has 1 atom stereocenters. The SMILES string of the molecule is COc1cc(C)c(C(NN)c2cncnc2)cc1C. The summed E-state index contributed by atoms with van der Waals surface area (Å²) in [5.41, 5.74) is 7.02. The van der Waals surface area contributed by atoms with Crippen LogP contribution in [0.5, 0.6) is 5.75 Å². The van der Waals surface area contributed by atoms with Gasteiger partial charge in [-0.1, -0.05) is 6.07 Å². The van der Waals surface area contributed by atoms with Gasteiger partial charge in [0.1, 0.15) is 12.1 Å². The van der Waals surface area contributed by atoms with E-state index in [1.165, 1.54) is 6.33 Å². The maximum atomic E-state index is 5.69. The zero-order valence-corrected chi connectivity index (χ0v) is 11.3. The van der Waals surface area contributed by atoms with Crippen LogP contribution in [0.15, 0.2) is 30.9 Å². The van der Waals surface area contributed by atoms with Crippen LogP contribution in [0.1, 0.15) is 28.3 Å². The number of methoxy groups -OCH3 is 1. The Bertz CT molecular complexity index is 557. The van der Waals surface area contributed by atoms with Crippen molar-refractivity contribution >= 4 is 0 Å². The highest BCUT2D eigenvalue weighted by molar-refractivity contribution is 5.45. The number of aryl methyl sites for hydroxylation is 2. The Labute approximate surface area is 112 Å². The minimum absolute atomic E-state index is 0.134.